The number of aliphatic hydroxyl groups excluding tert-OH is 1. The second-order valence-electron chi connectivity index (χ2n) is 3.66. The lowest BCUT2D eigenvalue weighted by atomic mass is 10.2. The number of ether oxygens (including phenoxy) is 2. The monoisotopic (exact) mass is 268 g/mol. The number of nitrogens with zero attached hydrogens (tertiary/aromatic N) is 1. The minimum atomic E-state index is -3.97. The van der Waals surface area contributed by atoms with Gasteiger partial charge in [0.05, 0.1) is 26.4 Å². The van der Waals surface area contributed by atoms with Gasteiger partial charge in [-0.15, -0.1) is 0 Å². The van der Waals surface area contributed by atoms with Crippen molar-refractivity contribution in [2.75, 3.05) is 26.9 Å². The molecule has 0 aromatic rings. The Kier molecular flexibility index (Phi) is 4.69. The van der Waals surface area contributed by atoms with Crippen molar-refractivity contribution >= 4 is 16.3 Å². The van der Waals surface area contributed by atoms with Gasteiger partial charge in [0.25, 0.3) is 0 Å². The zero-order valence-electron chi connectivity index (χ0n) is 9.62. The Bertz CT molecular complexity index is 370. The first-order chi connectivity index (χ1) is 7.90. The number of carbonyl (C=O) groups excluding carboxylic acids is 1. The molecule has 1 aliphatic heterocycles. The second-order valence-corrected chi connectivity index (χ2v) is 5.28. The van der Waals surface area contributed by atoms with Gasteiger partial charge in [-0.1, -0.05) is 0 Å². The van der Waals surface area contributed by atoms with Crippen LogP contribution in [0.3, 0.4) is 0 Å². The van der Waals surface area contributed by atoms with E-state index in [2.05, 4.69) is 4.74 Å². The van der Waals surface area contributed by atoms with Crippen LogP contribution in [0.5, 0.6) is 0 Å². The number of hydrogen-bond acceptors (Lipinski definition) is 6. The van der Waals surface area contributed by atoms with Gasteiger partial charge in [0.1, 0.15) is 0 Å². The van der Waals surface area contributed by atoms with E-state index in [4.69, 9.17) is 9.84 Å². The van der Waals surface area contributed by atoms with E-state index in [9.17, 15) is 13.2 Å². The lowest BCUT2D eigenvalue weighted by Crippen LogP contribution is -2.56. The number of carbonyl (C=O) groups is 1. The van der Waals surface area contributed by atoms with Gasteiger partial charge < -0.3 is 14.6 Å². The summed E-state index contributed by atoms with van der Waals surface area (Å²) in [7, 11) is -2.90. The van der Waals surface area contributed by atoms with Gasteiger partial charge in [-0.05, 0) is 6.92 Å². The number of nitrogens with one attached hydrogen (secondary N) is 1. The average Bonchev–Trinajstić information content (AvgIpc) is 2.28. The van der Waals surface area contributed by atoms with Crippen LogP contribution in [-0.2, 0) is 19.7 Å². The normalized spacial score (nSPS) is 26.5. The van der Waals surface area contributed by atoms with Gasteiger partial charge in [-0.2, -0.15) is 12.7 Å². The number of methoxy groups -OCH3 is 1. The lowest BCUT2D eigenvalue weighted by Gasteiger charge is -2.35. The first-order valence-electron chi connectivity index (χ1n) is 5.00. The topological polar surface area (TPSA) is 105 Å². The first kappa shape index (κ1) is 14.2. The SMILES string of the molecule is COC(=O)NS(=O)(=O)N1CC(CO)OCC1C. The minimum Gasteiger partial charge on any atom is -0.452 e. The molecular weight excluding hydrogens is 252 g/mol. The molecule has 1 heterocycles. The molecule has 9 heteroatoms. The fourth-order valence-electron chi connectivity index (χ4n) is 1.44. The second kappa shape index (κ2) is 5.63. The fraction of sp³-hybridized carbons (Fsp3) is 0.875. The Balaban J connectivity index is 2.77. The Morgan fingerprint density at radius 3 is 2.82 bits per heavy atom. The van der Waals surface area contributed by atoms with Crippen LogP contribution in [0.2, 0.25) is 0 Å². The van der Waals surface area contributed by atoms with Gasteiger partial charge in [0.2, 0.25) is 0 Å². The number of amides is 1. The zero-order chi connectivity index (χ0) is 13.1. The van der Waals surface area contributed by atoms with Crippen molar-refractivity contribution in [3.8, 4) is 0 Å². The van der Waals surface area contributed by atoms with Crippen molar-refractivity contribution in [3.63, 3.8) is 0 Å². The highest BCUT2D eigenvalue weighted by Gasteiger charge is 2.35. The predicted molar refractivity (Wildman–Crippen MR) is 57.5 cm³/mol. The van der Waals surface area contributed by atoms with Gasteiger partial charge in [0, 0.05) is 12.6 Å². The molecule has 0 aromatic carbocycles. The molecule has 0 bridgehead atoms. The van der Waals surface area contributed by atoms with Crippen molar-refractivity contribution in [3.05, 3.63) is 0 Å². The summed E-state index contributed by atoms with van der Waals surface area (Å²) in [5, 5.41) is 8.93. The van der Waals surface area contributed by atoms with Crippen LogP contribution in [0.25, 0.3) is 0 Å². The summed E-state index contributed by atoms with van der Waals surface area (Å²) < 4.78 is 35.8. The Hall–Kier alpha value is -0.900. The highest BCUT2D eigenvalue weighted by molar-refractivity contribution is 7.87. The van der Waals surface area contributed by atoms with E-state index in [0.29, 0.717) is 0 Å². The number of hydrogen-bond donors (Lipinski definition) is 2. The summed E-state index contributed by atoms with van der Waals surface area (Å²) in [6.07, 6.45) is -1.63. The first-order valence-corrected chi connectivity index (χ1v) is 6.44. The molecule has 8 nitrogen and oxygen atoms in total. The van der Waals surface area contributed by atoms with Gasteiger partial charge in [-0.3, -0.25) is 0 Å². The maximum atomic E-state index is 11.8. The molecular formula is C8H16N2O6S. The van der Waals surface area contributed by atoms with Crippen LogP contribution in [0.4, 0.5) is 4.79 Å². The highest BCUT2D eigenvalue weighted by Crippen LogP contribution is 2.14. The van der Waals surface area contributed by atoms with Crippen molar-refractivity contribution in [2.45, 2.75) is 19.1 Å². The zero-order valence-corrected chi connectivity index (χ0v) is 10.4. The summed E-state index contributed by atoms with van der Waals surface area (Å²) in [4.78, 5) is 10.9. The van der Waals surface area contributed by atoms with E-state index < -0.39 is 28.4 Å². The van der Waals surface area contributed by atoms with Crippen LogP contribution >= 0.6 is 0 Å². The summed E-state index contributed by atoms with van der Waals surface area (Å²) in [6, 6.07) is -0.417. The van der Waals surface area contributed by atoms with Gasteiger partial charge in [0.15, 0.2) is 0 Å². The molecule has 0 spiro atoms. The maximum absolute atomic E-state index is 11.8. The largest absolute Gasteiger partial charge is 0.452 e. The standard InChI is InChI=1S/C8H16N2O6S/c1-6-5-16-7(4-11)3-10(6)17(13,14)9-8(12)15-2/h6-7,11H,3-5H2,1-2H3,(H,9,12). The van der Waals surface area contributed by atoms with Crippen LogP contribution < -0.4 is 4.72 Å². The third-order valence-electron chi connectivity index (χ3n) is 2.36. The minimum absolute atomic E-state index is 0.00993. The highest BCUT2D eigenvalue weighted by atomic mass is 32.2. The molecule has 2 atom stereocenters. The Labute approximate surface area is 99.7 Å². The van der Waals surface area contributed by atoms with Gasteiger partial charge in [-0.25, -0.2) is 9.52 Å². The van der Waals surface area contributed by atoms with Crippen molar-refractivity contribution < 1.29 is 27.8 Å². The van der Waals surface area contributed by atoms with Crippen LogP contribution in [0.15, 0.2) is 0 Å². The molecule has 0 saturated carbocycles. The summed E-state index contributed by atoms with van der Waals surface area (Å²) in [5.41, 5.74) is 0. The Morgan fingerprint density at radius 1 is 1.65 bits per heavy atom. The van der Waals surface area contributed by atoms with E-state index >= 15 is 0 Å². The quantitative estimate of drug-likeness (QED) is 0.657. The molecule has 0 aliphatic carbocycles. The van der Waals surface area contributed by atoms with Crippen LogP contribution in [0, 0.1) is 0 Å². The van der Waals surface area contributed by atoms with E-state index in [0.717, 1.165) is 11.4 Å². The van der Waals surface area contributed by atoms with E-state index in [-0.39, 0.29) is 19.8 Å². The molecule has 100 valence electrons. The number of aliphatic hydroxyl groups is 1. The number of morpholine rings is 1. The van der Waals surface area contributed by atoms with Gasteiger partial charge >= 0.3 is 16.3 Å². The molecule has 0 aromatic heterocycles. The molecule has 17 heavy (non-hydrogen) atoms. The third-order valence-corrected chi connectivity index (χ3v) is 3.91. The molecule has 2 N–H and O–H groups in total. The third kappa shape index (κ3) is 3.53. The van der Waals surface area contributed by atoms with Crippen molar-refractivity contribution in [1.29, 1.82) is 0 Å². The average molecular weight is 268 g/mol. The summed E-state index contributed by atoms with van der Waals surface area (Å²) >= 11 is 0. The summed E-state index contributed by atoms with van der Waals surface area (Å²) in [5.74, 6) is 0. The van der Waals surface area contributed by atoms with E-state index in [1.165, 1.54) is 0 Å². The fourth-order valence-corrected chi connectivity index (χ4v) is 2.75. The molecule has 1 fully saturated rings. The molecule has 2 unspecified atom stereocenters. The van der Waals surface area contributed by atoms with E-state index in [1.807, 2.05) is 0 Å². The molecule has 1 aliphatic rings. The molecule has 0 radical (unpaired) electrons. The predicted octanol–water partition coefficient (Wildman–Crippen LogP) is -1.33. The molecule has 1 saturated heterocycles. The summed E-state index contributed by atoms with van der Waals surface area (Å²) in [6.45, 7) is 1.51. The van der Waals surface area contributed by atoms with Crippen molar-refractivity contribution in [1.82, 2.24) is 9.03 Å². The van der Waals surface area contributed by atoms with Crippen LogP contribution in [0.1, 0.15) is 6.92 Å². The van der Waals surface area contributed by atoms with Crippen molar-refractivity contribution in [2.24, 2.45) is 0 Å². The Morgan fingerprint density at radius 2 is 2.29 bits per heavy atom. The molecule has 1 rings (SSSR count). The van der Waals surface area contributed by atoms with E-state index in [1.54, 1.807) is 11.6 Å². The molecule has 1 amide bonds. The number of rotatable bonds is 3. The lowest BCUT2D eigenvalue weighted by molar-refractivity contribution is -0.0518. The smallest absolute Gasteiger partial charge is 0.421 e. The maximum Gasteiger partial charge on any atom is 0.421 e. The van der Waals surface area contributed by atoms with Crippen LogP contribution in [-0.4, -0.2) is 62.9 Å².